The number of likely N-dealkylation sites (tertiary alicyclic amines) is 1. The SMILES string of the molecule is O=C(c1cccc2ncccc12)N1CCCC1c1ccc(Nc2cnccn2)cn1. The van der Waals surface area contributed by atoms with Gasteiger partial charge in [0.1, 0.15) is 5.82 Å². The van der Waals surface area contributed by atoms with E-state index in [-0.39, 0.29) is 11.9 Å². The van der Waals surface area contributed by atoms with Crippen LogP contribution in [0.3, 0.4) is 0 Å². The van der Waals surface area contributed by atoms with Crippen LogP contribution in [-0.4, -0.2) is 37.3 Å². The molecule has 0 saturated carbocycles. The van der Waals surface area contributed by atoms with Crippen LogP contribution < -0.4 is 5.32 Å². The lowest BCUT2D eigenvalue weighted by molar-refractivity contribution is 0.0735. The van der Waals surface area contributed by atoms with E-state index in [0.717, 1.165) is 41.7 Å². The molecule has 1 amide bonds. The molecule has 1 aliphatic heterocycles. The van der Waals surface area contributed by atoms with Crippen molar-refractivity contribution >= 4 is 28.3 Å². The van der Waals surface area contributed by atoms with E-state index in [1.807, 2.05) is 47.4 Å². The summed E-state index contributed by atoms with van der Waals surface area (Å²) in [5.74, 6) is 0.689. The molecule has 0 radical (unpaired) electrons. The van der Waals surface area contributed by atoms with E-state index >= 15 is 0 Å². The molecule has 1 aromatic carbocycles. The van der Waals surface area contributed by atoms with Crippen LogP contribution in [0.5, 0.6) is 0 Å². The third-order valence-electron chi connectivity index (χ3n) is 5.35. The van der Waals surface area contributed by atoms with E-state index in [9.17, 15) is 4.79 Å². The van der Waals surface area contributed by atoms with Crippen molar-refractivity contribution < 1.29 is 4.79 Å². The number of benzene rings is 1. The molecule has 1 aliphatic rings. The van der Waals surface area contributed by atoms with E-state index in [0.29, 0.717) is 11.4 Å². The monoisotopic (exact) mass is 396 g/mol. The average Bonchev–Trinajstić information content (AvgIpc) is 3.29. The summed E-state index contributed by atoms with van der Waals surface area (Å²) in [7, 11) is 0. The van der Waals surface area contributed by atoms with E-state index < -0.39 is 0 Å². The van der Waals surface area contributed by atoms with E-state index in [4.69, 9.17) is 0 Å². The number of fused-ring (bicyclic) bond motifs is 1. The fourth-order valence-corrected chi connectivity index (χ4v) is 3.95. The summed E-state index contributed by atoms with van der Waals surface area (Å²) in [6, 6.07) is 13.4. The number of rotatable bonds is 4. The molecule has 30 heavy (non-hydrogen) atoms. The summed E-state index contributed by atoms with van der Waals surface area (Å²) in [4.78, 5) is 32.6. The first-order chi connectivity index (χ1) is 14.8. The Balaban J connectivity index is 1.39. The predicted molar refractivity (Wildman–Crippen MR) is 114 cm³/mol. The van der Waals surface area contributed by atoms with Gasteiger partial charge in [0.2, 0.25) is 0 Å². The number of amides is 1. The van der Waals surface area contributed by atoms with Gasteiger partial charge in [0.15, 0.2) is 0 Å². The lowest BCUT2D eigenvalue weighted by Gasteiger charge is -2.25. The topological polar surface area (TPSA) is 83.9 Å². The van der Waals surface area contributed by atoms with Crippen molar-refractivity contribution in [2.24, 2.45) is 0 Å². The number of anilines is 2. The fourth-order valence-electron chi connectivity index (χ4n) is 3.95. The van der Waals surface area contributed by atoms with Gasteiger partial charge in [-0.1, -0.05) is 12.1 Å². The van der Waals surface area contributed by atoms with Crippen LogP contribution in [0.4, 0.5) is 11.5 Å². The molecule has 0 spiro atoms. The number of carbonyl (C=O) groups is 1. The van der Waals surface area contributed by atoms with E-state index in [1.54, 1.807) is 31.0 Å². The fraction of sp³-hybridized carbons (Fsp3) is 0.174. The summed E-state index contributed by atoms with van der Waals surface area (Å²) >= 11 is 0. The normalized spacial score (nSPS) is 16.0. The minimum absolute atomic E-state index is 0.0275. The Labute approximate surface area is 173 Å². The van der Waals surface area contributed by atoms with Gasteiger partial charge in [0.05, 0.1) is 35.3 Å². The van der Waals surface area contributed by atoms with Crippen molar-refractivity contribution in [2.45, 2.75) is 18.9 Å². The molecular weight excluding hydrogens is 376 g/mol. The van der Waals surface area contributed by atoms with Crippen LogP contribution in [0.25, 0.3) is 10.9 Å². The van der Waals surface area contributed by atoms with E-state index in [1.165, 1.54) is 0 Å². The molecule has 0 aliphatic carbocycles. The van der Waals surface area contributed by atoms with Gasteiger partial charge >= 0.3 is 0 Å². The van der Waals surface area contributed by atoms with Gasteiger partial charge in [-0.2, -0.15) is 0 Å². The molecule has 148 valence electrons. The molecule has 1 saturated heterocycles. The maximum absolute atomic E-state index is 13.4. The molecule has 1 unspecified atom stereocenters. The highest BCUT2D eigenvalue weighted by Gasteiger charge is 2.32. The number of pyridine rings is 2. The van der Waals surface area contributed by atoms with Gasteiger partial charge in [-0.15, -0.1) is 0 Å². The first kappa shape index (κ1) is 18.2. The zero-order chi connectivity index (χ0) is 20.3. The van der Waals surface area contributed by atoms with E-state index in [2.05, 4.69) is 25.3 Å². The molecule has 1 N–H and O–H groups in total. The zero-order valence-electron chi connectivity index (χ0n) is 16.3. The van der Waals surface area contributed by atoms with Crippen LogP contribution in [0.1, 0.15) is 34.9 Å². The van der Waals surface area contributed by atoms with Crippen molar-refractivity contribution in [3.63, 3.8) is 0 Å². The largest absolute Gasteiger partial charge is 0.338 e. The molecule has 5 rings (SSSR count). The van der Waals surface area contributed by atoms with Crippen LogP contribution in [0, 0.1) is 0 Å². The molecule has 3 aromatic heterocycles. The second kappa shape index (κ2) is 7.87. The molecule has 4 heterocycles. The minimum atomic E-state index is -0.0324. The third kappa shape index (κ3) is 3.45. The standard InChI is InChI=1S/C23H20N6O/c30-23(18-4-1-6-19-17(18)5-2-10-25-19)29-13-3-7-21(29)20-9-8-16(14-27-20)28-22-15-24-11-12-26-22/h1-2,4-6,8-12,14-15,21H,3,7,13H2,(H,26,28). The summed E-state index contributed by atoms with van der Waals surface area (Å²) < 4.78 is 0. The van der Waals surface area contributed by atoms with Crippen LogP contribution in [-0.2, 0) is 0 Å². The average molecular weight is 396 g/mol. The third-order valence-corrected chi connectivity index (χ3v) is 5.35. The number of hydrogen-bond acceptors (Lipinski definition) is 6. The highest BCUT2D eigenvalue weighted by atomic mass is 16.2. The molecule has 7 nitrogen and oxygen atoms in total. The van der Waals surface area contributed by atoms with Gasteiger partial charge < -0.3 is 10.2 Å². The lowest BCUT2D eigenvalue weighted by atomic mass is 10.1. The lowest BCUT2D eigenvalue weighted by Crippen LogP contribution is -2.31. The van der Waals surface area contributed by atoms with Gasteiger partial charge in [-0.05, 0) is 43.2 Å². The quantitative estimate of drug-likeness (QED) is 0.558. The van der Waals surface area contributed by atoms with Crippen molar-refractivity contribution in [1.82, 2.24) is 24.8 Å². The minimum Gasteiger partial charge on any atom is -0.338 e. The highest BCUT2D eigenvalue weighted by molar-refractivity contribution is 6.06. The zero-order valence-corrected chi connectivity index (χ0v) is 16.3. The molecule has 1 atom stereocenters. The summed E-state index contributed by atoms with van der Waals surface area (Å²) in [5.41, 5.74) is 3.24. The Kier molecular flexibility index (Phi) is 4.77. The Bertz CT molecular complexity index is 1170. The van der Waals surface area contributed by atoms with Crippen LogP contribution in [0.15, 0.2) is 73.4 Å². The van der Waals surface area contributed by atoms with Crippen molar-refractivity contribution in [1.29, 1.82) is 0 Å². The van der Waals surface area contributed by atoms with Gasteiger partial charge in [0, 0.05) is 36.1 Å². The van der Waals surface area contributed by atoms with Gasteiger partial charge in [-0.3, -0.25) is 19.7 Å². The highest BCUT2D eigenvalue weighted by Crippen LogP contribution is 2.33. The summed E-state index contributed by atoms with van der Waals surface area (Å²) in [6.45, 7) is 0.724. The number of aromatic nitrogens is 4. The maximum atomic E-state index is 13.4. The van der Waals surface area contributed by atoms with Crippen molar-refractivity contribution in [2.75, 3.05) is 11.9 Å². The first-order valence-electron chi connectivity index (χ1n) is 9.93. The maximum Gasteiger partial charge on any atom is 0.255 e. The number of nitrogens with one attached hydrogen (secondary N) is 1. The number of hydrogen-bond donors (Lipinski definition) is 1. The van der Waals surface area contributed by atoms with Gasteiger partial charge in [0.25, 0.3) is 5.91 Å². The Morgan fingerprint density at radius 2 is 1.93 bits per heavy atom. The first-order valence-corrected chi connectivity index (χ1v) is 9.93. The second-order valence-corrected chi connectivity index (χ2v) is 7.22. The molecule has 7 heteroatoms. The van der Waals surface area contributed by atoms with Crippen molar-refractivity contribution in [3.05, 3.63) is 84.7 Å². The molecule has 4 aromatic rings. The van der Waals surface area contributed by atoms with Gasteiger partial charge in [-0.25, -0.2) is 4.98 Å². The second-order valence-electron chi connectivity index (χ2n) is 7.22. The predicted octanol–water partition coefficient (Wildman–Crippen LogP) is 4.14. The van der Waals surface area contributed by atoms with Crippen molar-refractivity contribution in [3.8, 4) is 0 Å². The number of carbonyl (C=O) groups excluding carboxylic acids is 1. The molecule has 0 bridgehead atoms. The number of nitrogens with zero attached hydrogens (tertiary/aromatic N) is 5. The van der Waals surface area contributed by atoms with Crippen LogP contribution in [0.2, 0.25) is 0 Å². The Morgan fingerprint density at radius 3 is 2.77 bits per heavy atom. The smallest absolute Gasteiger partial charge is 0.255 e. The molecule has 1 fully saturated rings. The summed E-state index contributed by atoms with van der Waals surface area (Å²) in [5, 5.41) is 4.06. The Morgan fingerprint density at radius 1 is 0.967 bits per heavy atom. The Hall–Kier alpha value is -3.87. The molecular formula is C23H20N6O. The van der Waals surface area contributed by atoms with Crippen LogP contribution >= 0.6 is 0 Å². The summed E-state index contributed by atoms with van der Waals surface area (Å²) in [6.07, 6.45) is 10.3.